The molecule has 0 fully saturated rings. The Labute approximate surface area is 153 Å². The van der Waals surface area contributed by atoms with Crippen LogP contribution in [0.15, 0.2) is 30.6 Å². The van der Waals surface area contributed by atoms with E-state index in [1.165, 1.54) is 0 Å². The van der Waals surface area contributed by atoms with Gasteiger partial charge in [0.05, 0.1) is 11.6 Å². The summed E-state index contributed by atoms with van der Waals surface area (Å²) in [6.45, 7) is 8.25. The van der Waals surface area contributed by atoms with Crippen molar-refractivity contribution in [2.24, 2.45) is 7.05 Å². The molecular formula is C20H22N6. The molecule has 0 saturated carbocycles. The van der Waals surface area contributed by atoms with Crippen LogP contribution in [0.25, 0.3) is 22.8 Å². The first-order valence-corrected chi connectivity index (χ1v) is 8.68. The highest BCUT2D eigenvalue weighted by molar-refractivity contribution is 5.69. The van der Waals surface area contributed by atoms with Gasteiger partial charge in [-0.15, -0.1) is 0 Å². The topological polar surface area (TPSA) is 80.3 Å². The molecule has 0 aliphatic carbocycles. The van der Waals surface area contributed by atoms with Gasteiger partial charge in [-0.3, -0.25) is 0 Å². The summed E-state index contributed by atoms with van der Waals surface area (Å²) in [4.78, 5) is 18.3. The molecule has 3 aromatic rings. The Morgan fingerprint density at radius 2 is 1.54 bits per heavy atom. The van der Waals surface area contributed by atoms with E-state index in [4.69, 9.17) is 0 Å². The van der Waals surface area contributed by atoms with Crippen LogP contribution in [-0.4, -0.2) is 24.5 Å². The lowest BCUT2D eigenvalue weighted by molar-refractivity contribution is 0.697. The Hall–Kier alpha value is -3.07. The number of rotatable bonds is 4. The zero-order chi connectivity index (χ0) is 18.8. The first-order chi connectivity index (χ1) is 12.4. The number of hydrogen-bond acceptors (Lipinski definition) is 5. The van der Waals surface area contributed by atoms with E-state index in [0.29, 0.717) is 11.4 Å². The van der Waals surface area contributed by atoms with Gasteiger partial charge >= 0.3 is 0 Å². The summed E-state index contributed by atoms with van der Waals surface area (Å²) in [6, 6.07) is 7.85. The minimum absolute atomic E-state index is 0.197. The largest absolute Gasteiger partial charge is 0.334 e. The highest BCUT2D eigenvalue weighted by atomic mass is 15.0. The maximum Gasteiger partial charge on any atom is 0.163 e. The van der Waals surface area contributed by atoms with Crippen LogP contribution in [0.3, 0.4) is 0 Å². The quantitative estimate of drug-likeness (QED) is 0.712. The summed E-state index contributed by atoms with van der Waals surface area (Å²) >= 11 is 0. The number of imidazole rings is 1. The van der Waals surface area contributed by atoms with E-state index >= 15 is 0 Å². The van der Waals surface area contributed by atoms with Crippen LogP contribution >= 0.6 is 0 Å². The molecule has 0 aliphatic heterocycles. The third kappa shape index (κ3) is 3.47. The van der Waals surface area contributed by atoms with Crippen molar-refractivity contribution in [1.82, 2.24) is 24.5 Å². The average molecular weight is 346 g/mol. The van der Waals surface area contributed by atoms with Gasteiger partial charge in [-0.2, -0.15) is 5.26 Å². The molecule has 0 N–H and O–H groups in total. The van der Waals surface area contributed by atoms with Gasteiger partial charge in [-0.1, -0.05) is 27.7 Å². The molecule has 6 nitrogen and oxygen atoms in total. The molecule has 2 aromatic heterocycles. The molecule has 0 radical (unpaired) electrons. The molecule has 132 valence electrons. The maximum absolute atomic E-state index is 9.46. The van der Waals surface area contributed by atoms with Gasteiger partial charge in [0, 0.05) is 42.4 Å². The van der Waals surface area contributed by atoms with Crippen molar-refractivity contribution >= 4 is 0 Å². The minimum atomic E-state index is 0.197. The molecule has 1 aromatic carbocycles. The summed E-state index contributed by atoms with van der Waals surface area (Å²) in [5, 5.41) is 9.46. The van der Waals surface area contributed by atoms with Crippen LogP contribution in [0, 0.1) is 11.3 Å². The predicted molar refractivity (Wildman–Crippen MR) is 100 cm³/mol. The first-order valence-electron chi connectivity index (χ1n) is 8.68. The molecule has 0 unspecified atom stereocenters. The molecule has 0 bridgehead atoms. The lowest BCUT2D eigenvalue weighted by Crippen LogP contribution is -2.08. The number of hydrogen-bond donors (Lipinski definition) is 0. The van der Waals surface area contributed by atoms with E-state index in [1.54, 1.807) is 6.20 Å². The lowest BCUT2D eigenvalue weighted by atomic mass is 10.0. The number of benzene rings is 1. The highest BCUT2D eigenvalue weighted by Gasteiger charge is 2.15. The van der Waals surface area contributed by atoms with Crippen molar-refractivity contribution in [1.29, 1.82) is 5.26 Å². The second-order valence-electron chi connectivity index (χ2n) is 6.96. The van der Waals surface area contributed by atoms with Gasteiger partial charge < -0.3 is 4.57 Å². The monoisotopic (exact) mass is 346 g/mol. The fourth-order valence-corrected chi connectivity index (χ4v) is 2.65. The van der Waals surface area contributed by atoms with Crippen LogP contribution in [-0.2, 0) is 7.05 Å². The Bertz CT molecular complexity index is 952. The fourth-order valence-electron chi connectivity index (χ4n) is 2.65. The number of aryl methyl sites for hydroxylation is 1. The molecule has 0 atom stereocenters. The number of aromatic nitrogens is 5. The Morgan fingerprint density at radius 1 is 0.923 bits per heavy atom. The molecule has 26 heavy (non-hydrogen) atoms. The normalized spacial score (nSPS) is 11.2. The first kappa shape index (κ1) is 17.7. The molecule has 6 heteroatoms. The van der Waals surface area contributed by atoms with Crippen LogP contribution in [0.4, 0.5) is 0 Å². The van der Waals surface area contributed by atoms with Gasteiger partial charge in [0.15, 0.2) is 5.82 Å². The number of nitrogens with zero attached hydrogens (tertiary/aromatic N) is 6. The van der Waals surface area contributed by atoms with Crippen molar-refractivity contribution < 1.29 is 0 Å². The Kier molecular flexibility index (Phi) is 4.81. The zero-order valence-electron chi connectivity index (χ0n) is 15.7. The van der Waals surface area contributed by atoms with Crippen LogP contribution in [0.2, 0.25) is 0 Å². The summed E-state index contributed by atoms with van der Waals surface area (Å²) in [5.41, 5.74) is 2.22. The van der Waals surface area contributed by atoms with Crippen molar-refractivity contribution in [2.45, 2.75) is 39.5 Å². The molecule has 0 spiro atoms. The Balaban J connectivity index is 2.21. The van der Waals surface area contributed by atoms with E-state index in [-0.39, 0.29) is 11.8 Å². The van der Waals surface area contributed by atoms with Gasteiger partial charge in [0.1, 0.15) is 17.5 Å². The van der Waals surface area contributed by atoms with Crippen molar-refractivity contribution in [3.63, 3.8) is 0 Å². The second-order valence-corrected chi connectivity index (χ2v) is 6.96. The van der Waals surface area contributed by atoms with Crippen molar-refractivity contribution in [3.05, 3.63) is 47.8 Å². The highest BCUT2D eigenvalue weighted by Crippen LogP contribution is 2.27. The summed E-state index contributed by atoms with van der Waals surface area (Å²) < 4.78 is 1.92. The van der Waals surface area contributed by atoms with E-state index in [1.807, 2.05) is 36.0 Å². The van der Waals surface area contributed by atoms with Gasteiger partial charge in [0.25, 0.3) is 0 Å². The second kappa shape index (κ2) is 7.04. The van der Waals surface area contributed by atoms with Crippen LogP contribution in [0.5, 0.6) is 0 Å². The van der Waals surface area contributed by atoms with Crippen LogP contribution in [0.1, 0.15) is 56.7 Å². The summed E-state index contributed by atoms with van der Waals surface area (Å²) in [7, 11) is 1.93. The maximum atomic E-state index is 9.46. The Morgan fingerprint density at radius 3 is 2.04 bits per heavy atom. The van der Waals surface area contributed by atoms with Gasteiger partial charge in [-0.05, 0) is 18.2 Å². The zero-order valence-corrected chi connectivity index (χ0v) is 15.7. The molecule has 3 rings (SSSR count). The van der Waals surface area contributed by atoms with Crippen molar-refractivity contribution in [3.8, 4) is 28.8 Å². The molecular weight excluding hydrogens is 324 g/mol. The van der Waals surface area contributed by atoms with Crippen LogP contribution < -0.4 is 0 Å². The van der Waals surface area contributed by atoms with Crippen molar-refractivity contribution in [2.75, 3.05) is 0 Å². The summed E-state index contributed by atoms with van der Waals surface area (Å²) in [5.74, 6) is 3.31. The SMILES string of the molecule is CC(C)c1nc(-c2cc(C#N)cc(-c3nccn3C)c2)nc(C(C)C)n1. The van der Waals surface area contributed by atoms with Gasteiger partial charge in [-0.25, -0.2) is 19.9 Å². The third-order valence-electron chi connectivity index (χ3n) is 4.10. The van der Waals surface area contributed by atoms with E-state index < -0.39 is 0 Å². The molecule has 2 heterocycles. The average Bonchev–Trinajstić information content (AvgIpc) is 3.06. The summed E-state index contributed by atoms with van der Waals surface area (Å²) in [6.07, 6.45) is 3.62. The number of nitriles is 1. The predicted octanol–water partition coefficient (Wildman–Crippen LogP) is 4.06. The standard InChI is InChI=1S/C20H22N6/c1-12(2)17-23-18(13(3)4)25-19(24-17)15-8-14(11-21)9-16(10-15)20-22-6-7-26(20)5/h6-10,12-13H,1-5H3. The van der Waals surface area contributed by atoms with Gasteiger partial charge in [0.2, 0.25) is 0 Å². The lowest BCUT2D eigenvalue weighted by Gasteiger charge is -2.12. The van der Waals surface area contributed by atoms with E-state index in [2.05, 4.69) is 53.7 Å². The fraction of sp³-hybridized carbons (Fsp3) is 0.350. The van der Waals surface area contributed by atoms with E-state index in [9.17, 15) is 5.26 Å². The molecule has 0 aliphatic rings. The smallest absolute Gasteiger partial charge is 0.163 e. The molecule has 0 amide bonds. The minimum Gasteiger partial charge on any atom is -0.334 e. The third-order valence-corrected chi connectivity index (χ3v) is 4.10. The van der Waals surface area contributed by atoms with E-state index in [0.717, 1.165) is 28.6 Å². The molecule has 0 saturated heterocycles.